The molecule has 1 aliphatic carbocycles. The van der Waals surface area contributed by atoms with Crippen molar-refractivity contribution in [3.05, 3.63) is 0 Å². The number of amides is 2. The highest BCUT2D eigenvalue weighted by molar-refractivity contribution is 5.80. The highest BCUT2D eigenvalue weighted by Crippen LogP contribution is 2.28. The monoisotopic (exact) mass is 253 g/mol. The van der Waals surface area contributed by atoms with Crippen molar-refractivity contribution in [2.45, 2.75) is 51.1 Å². The van der Waals surface area contributed by atoms with Gasteiger partial charge in [-0.05, 0) is 31.6 Å². The van der Waals surface area contributed by atoms with Crippen LogP contribution >= 0.6 is 0 Å². The maximum Gasteiger partial charge on any atom is 0.223 e. The Bertz CT molecular complexity index is 322. The van der Waals surface area contributed by atoms with E-state index in [1.165, 1.54) is 0 Å². The fourth-order valence-electron chi connectivity index (χ4n) is 3.07. The van der Waals surface area contributed by atoms with Crippen LogP contribution in [0.3, 0.4) is 0 Å². The van der Waals surface area contributed by atoms with Crippen molar-refractivity contribution < 1.29 is 9.59 Å². The normalized spacial score (nSPS) is 36.2. The summed E-state index contributed by atoms with van der Waals surface area (Å²) in [6.07, 6.45) is 4.12. The van der Waals surface area contributed by atoms with Crippen molar-refractivity contribution in [2.75, 3.05) is 6.54 Å². The van der Waals surface area contributed by atoms with Crippen molar-refractivity contribution in [1.82, 2.24) is 10.6 Å². The molecule has 1 heterocycles. The standard InChI is InChI=1S/C13H23N3O2/c1-8-4-9(6-10(14)5-8)13(18)15-7-11-2-3-12(17)16-11/h8-11H,2-7,14H2,1H3,(H,15,18)(H,16,17). The summed E-state index contributed by atoms with van der Waals surface area (Å²) in [6, 6.07) is 0.256. The first-order chi connectivity index (χ1) is 8.54. The topological polar surface area (TPSA) is 84.2 Å². The van der Waals surface area contributed by atoms with Gasteiger partial charge in [0.05, 0.1) is 0 Å². The molecule has 4 unspecified atom stereocenters. The lowest BCUT2D eigenvalue weighted by atomic mass is 9.79. The summed E-state index contributed by atoms with van der Waals surface area (Å²) in [6.45, 7) is 2.70. The van der Waals surface area contributed by atoms with Crippen LogP contribution < -0.4 is 16.4 Å². The zero-order chi connectivity index (χ0) is 13.1. The molecule has 0 bridgehead atoms. The van der Waals surface area contributed by atoms with Gasteiger partial charge < -0.3 is 16.4 Å². The number of carbonyl (C=O) groups is 2. The van der Waals surface area contributed by atoms with Crippen molar-refractivity contribution in [3.8, 4) is 0 Å². The van der Waals surface area contributed by atoms with Crippen molar-refractivity contribution in [3.63, 3.8) is 0 Å². The largest absolute Gasteiger partial charge is 0.354 e. The Balaban J connectivity index is 1.75. The summed E-state index contributed by atoms with van der Waals surface area (Å²) < 4.78 is 0. The molecule has 1 aliphatic heterocycles. The molecule has 2 rings (SSSR count). The fraction of sp³-hybridized carbons (Fsp3) is 0.846. The van der Waals surface area contributed by atoms with Gasteiger partial charge in [0.1, 0.15) is 0 Å². The minimum Gasteiger partial charge on any atom is -0.354 e. The van der Waals surface area contributed by atoms with E-state index in [9.17, 15) is 9.59 Å². The number of hydrogen-bond donors (Lipinski definition) is 3. The fourth-order valence-corrected chi connectivity index (χ4v) is 3.07. The third kappa shape index (κ3) is 3.45. The van der Waals surface area contributed by atoms with Crippen LogP contribution in [-0.4, -0.2) is 30.4 Å². The van der Waals surface area contributed by atoms with E-state index in [2.05, 4.69) is 17.6 Å². The minimum absolute atomic E-state index is 0.0425. The smallest absolute Gasteiger partial charge is 0.223 e. The highest BCUT2D eigenvalue weighted by Gasteiger charge is 2.30. The number of carbonyl (C=O) groups excluding carboxylic acids is 2. The summed E-state index contributed by atoms with van der Waals surface area (Å²) in [5.41, 5.74) is 5.95. The number of nitrogens with two attached hydrogens (primary N) is 1. The van der Waals surface area contributed by atoms with E-state index in [1.807, 2.05) is 0 Å². The minimum atomic E-state index is 0.0425. The molecule has 18 heavy (non-hydrogen) atoms. The molecule has 2 amide bonds. The lowest BCUT2D eigenvalue weighted by Gasteiger charge is -2.30. The van der Waals surface area contributed by atoms with Crippen molar-refractivity contribution >= 4 is 11.8 Å². The van der Waals surface area contributed by atoms with E-state index in [0.29, 0.717) is 18.9 Å². The molecule has 4 N–H and O–H groups in total. The molecule has 2 aliphatic rings. The summed E-state index contributed by atoms with van der Waals surface area (Å²) in [4.78, 5) is 23.1. The maximum absolute atomic E-state index is 12.0. The van der Waals surface area contributed by atoms with Gasteiger partial charge in [-0.15, -0.1) is 0 Å². The number of rotatable bonds is 3. The second-order valence-electron chi connectivity index (χ2n) is 5.82. The predicted molar refractivity (Wildman–Crippen MR) is 68.7 cm³/mol. The van der Waals surface area contributed by atoms with Crippen LogP contribution in [0.4, 0.5) is 0 Å². The molecule has 0 spiro atoms. The van der Waals surface area contributed by atoms with Gasteiger partial charge in [0.2, 0.25) is 11.8 Å². The van der Waals surface area contributed by atoms with Gasteiger partial charge in [-0.2, -0.15) is 0 Å². The average Bonchev–Trinajstić information content (AvgIpc) is 2.70. The Kier molecular flexibility index (Phi) is 4.22. The first-order valence-electron chi connectivity index (χ1n) is 6.87. The Hall–Kier alpha value is -1.10. The SMILES string of the molecule is CC1CC(N)CC(C(=O)NCC2CCC(=O)N2)C1. The van der Waals surface area contributed by atoms with Crippen LogP contribution in [0.25, 0.3) is 0 Å². The molecular weight excluding hydrogens is 230 g/mol. The van der Waals surface area contributed by atoms with Gasteiger partial charge in [0, 0.05) is 31.0 Å². The number of hydrogen-bond acceptors (Lipinski definition) is 3. The first-order valence-corrected chi connectivity index (χ1v) is 6.87. The van der Waals surface area contributed by atoms with Crippen LogP contribution in [0, 0.1) is 11.8 Å². The van der Waals surface area contributed by atoms with E-state index in [0.717, 1.165) is 25.7 Å². The van der Waals surface area contributed by atoms with E-state index in [-0.39, 0.29) is 29.8 Å². The second-order valence-corrected chi connectivity index (χ2v) is 5.82. The van der Waals surface area contributed by atoms with Gasteiger partial charge >= 0.3 is 0 Å². The number of nitrogens with one attached hydrogen (secondary N) is 2. The first kappa shape index (κ1) is 13.3. The zero-order valence-electron chi connectivity index (χ0n) is 10.9. The highest BCUT2D eigenvalue weighted by atomic mass is 16.2. The van der Waals surface area contributed by atoms with Gasteiger partial charge in [-0.3, -0.25) is 9.59 Å². The maximum atomic E-state index is 12.0. The lowest BCUT2D eigenvalue weighted by molar-refractivity contribution is -0.127. The van der Waals surface area contributed by atoms with Crippen LogP contribution in [0.15, 0.2) is 0 Å². The molecule has 0 aromatic carbocycles. The summed E-state index contributed by atoms with van der Waals surface area (Å²) in [5, 5.41) is 5.80. The molecule has 1 saturated heterocycles. The molecular formula is C13H23N3O2. The van der Waals surface area contributed by atoms with Crippen LogP contribution in [0.5, 0.6) is 0 Å². The van der Waals surface area contributed by atoms with Crippen LogP contribution in [0.1, 0.15) is 39.0 Å². The van der Waals surface area contributed by atoms with E-state index < -0.39 is 0 Å². The molecule has 1 saturated carbocycles. The molecule has 0 aromatic heterocycles. The summed E-state index contributed by atoms with van der Waals surface area (Å²) >= 11 is 0. The summed E-state index contributed by atoms with van der Waals surface area (Å²) in [5.74, 6) is 0.747. The molecule has 5 heteroatoms. The van der Waals surface area contributed by atoms with Gasteiger partial charge in [-0.25, -0.2) is 0 Å². The lowest BCUT2D eigenvalue weighted by Crippen LogP contribution is -2.44. The molecule has 0 aromatic rings. The molecule has 102 valence electrons. The molecule has 5 nitrogen and oxygen atoms in total. The Labute approximate surface area is 108 Å². The quantitative estimate of drug-likeness (QED) is 0.669. The third-order valence-corrected chi connectivity index (χ3v) is 3.96. The Morgan fingerprint density at radius 3 is 2.83 bits per heavy atom. The summed E-state index contributed by atoms with van der Waals surface area (Å²) in [7, 11) is 0. The van der Waals surface area contributed by atoms with Gasteiger partial charge in [-0.1, -0.05) is 6.92 Å². The molecule has 2 fully saturated rings. The molecule has 4 atom stereocenters. The third-order valence-electron chi connectivity index (χ3n) is 3.96. The average molecular weight is 253 g/mol. The zero-order valence-corrected chi connectivity index (χ0v) is 10.9. The van der Waals surface area contributed by atoms with E-state index >= 15 is 0 Å². The Morgan fingerprint density at radius 2 is 2.22 bits per heavy atom. The van der Waals surface area contributed by atoms with E-state index in [4.69, 9.17) is 5.73 Å². The predicted octanol–water partition coefficient (Wildman–Crippen LogP) is 0.145. The van der Waals surface area contributed by atoms with Crippen LogP contribution in [-0.2, 0) is 9.59 Å². The Morgan fingerprint density at radius 1 is 1.44 bits per heavy atom. The van der Waals surface area contributed by atoms with Crippen molar-refractivity contribution in [1.29, 1.82) is 0 Å². The second kappa shape index (κ2) is 5.69. The van der Waals surface area contributed by atoms with Gasteiger partial charge in [0.25, 0.3) is 0 Å². The van der Waals surface area contributed by atoms with Crippen LogP contribution in [0.2, 0.25) is 0 Å². The van der Waals surface area contributed by atoms with Gasteiger partial charge in [0.15, 0.2) is 0 Å². The molecule has 0 radical (unpaired) electrons. The van der Waals surface area contributed by atoms with Crippen molar-refractivity contribution in [2.24, 2.45) is 17.6 Å². The van der Waals surface area contributed by atoms with E-state index in [1.54, 1.807) is 0 Å².